The van der Waals surface area contributed by atoms with E-state index in [0.29, 0.717) is 5.56 Å². The number of ether oxygens (including phenoxy) is 2. The fraction of sp³-hybridized carbons (Fsp3) is 0.105. The number of aryl methyl sites for hydroxylation is 1. The Kier molecular flexibility index (Phi) is 5.93. The first-order chi connectivity index (χ1) is 13.9. The number of esters is 1. The van der Waals surface area contributed by atoms with Gasteiger partial charge in [0.15, 0.2) is 11.5 Å². The molecule has 0 spiro atoms. The molecule has 0 bridgehead atoms. The van der Waals surface area contributed by atoms with Crippen molar-refractivity contribution in [3.8, 4) is 11.5 Å². The molecule has 10 heteroatoms. The molecule has 1 heterocycles. The molecule has 1 aromatic heterocycles. The van der Waals surface area contributed by atoms with Gasteiger partial charge in [0.1, 0.15) is 11.5 Å². The van der Waals surface area contributed by atoms with E-state index in [1.165, 1.54) is 50.6 Å². The molecule has 0 saturated carbocycles. The number of aromatic amines is 1. The lowest BCUT2D eigenvalue weighted by Gasteiger charge is -2.10. The first kappa shape index (κ1) is 20.1. The van der Waals surface area contributed by atoms with E-state index in [-0.39, 0.29) is 27.5 Å². The Morgan fingerprint density at radius 2 is 1.97 bits per heavy atom. The summed E-state index contributed by atoms with van der Waals surface area (Å²) in [6.45, 7) is 1.53. The number of carbonyl (C=O) groups excluding carboxylic acids is 1. The van der Waals surface area contributed by atoms with E-state index in [0.717, 1.165) is 4.68 Å². The van der Waals surface area contributed by atoms with Gasteiger partial charge in [0.2, 0.25) is 4.77 Å². The molecule has 29 heavy (non-hydrogen) atoms. The molecule has 0 radical (unpaired) electrons. The van der Waals surface area contributed by atoms with Crippen molar-refractivity contribution >= 4 is 24.4 Å². The highest BCUT2D eigenvalue weighted by Gasteiger charge is 2.13. The largest absolute Gasteiger partial charge is 0.493 e. The molecule has 2 aromatic carbocycles. The van der Waals surface area contributed by atoms with Gasteiger partial charge in [-0.25, -0.2) is 9.18 Å². The monoisotopic (exact) mass is 414 g/mol. The summed E-state index contributed by atoms with van der Waals surface area (Å²) in [7, 11) is 1.42. The summed E-state index contributed by atoms with van der Waals surface area (Å²) >= 11 is 5.01. The lowest BCUT2D eigenvalue weighted by molar-refractivity contribution is 0.0729. The van der Waals surface area contributed by atoms with Crippen molar-refractivity contribution in [1.29, 1.82) is 0 Å². The van der Waals surface area contributed by atoms with Crippen LogP contribution in [0.5, 0.6) is 11.5 Å². The number of benzene rings is 2. The molecule has 0 saturated heterocycles. The molecule has 0 aliphatic carbocycles. The summed E-state index contributed by atoms with van der Waals surface area (Å²) in [4.78, 5) is 24.3. The van der Waals surface area contributed by atoms with Crippen LogP contribution in [0.4, 0.5) is 4.39 Å². The number of hydrogen-bond acceptors (Lipinski definition) is 7. The topological polar surface area (TPSA) is 98.6 Å². The molecule has 0 atom stereocenters. The highest BCUT2D eigenvalue weighted by Crippen LogP contribution is 2.28. The van der Waals surface area contributed by atoms with Gasteiger partial charge in [-0.15, -0.1) is 0 Å². The molecule has 0 aliphatic heterocycles. The predicted molar refractivity (Wildman–Crippen MR) is 106 cm³/mol. The maximum absolute atomic E-state index is 13.0. The molecule has 3 aromatic rings. The van der Waals surface area contributed by atoms with Crippen LogP contribution in [-0.2, 0) is 0 Å². The van der Waals surface area contributed by atoms with Gasteiger partial charge in [-0.05, 0) is 67.2 Å². The highest BCUT2D eigenvalue weighted by molar-refractivity contribution is 7.71. The van der Waals surface area contributed by atoms with Crippen LogP contribution in [0.2, 0.25) is 0 Å². The van der Waals surface area contributed by atoms with Crippen LogP contribution in [0.1, 0.15) is 21.6 Å². The van der Waals surface area contributed by atoms with Gasteiger partial charge in [-0.1, -0.05) is 0 Å². The average Bonchev–Trinajstić information content (AvgIpc) is 2.72. The predicted octanol–water partition coefficient (Wildman–Crippen LogP) is 2.86. The molecule has 0 unspecified atom stereocenters. The number of hydrogen-bond donors (Lipinski definition) is 1. The smallest absolute Gasteiger partial charge is 0.343 e. The zero-order valence-corrected chi connectivity index (χ0v) is 16.2. The van der Waals surface area contributed by atoms with Crippen LogP contribution in [-0.4, -0.2) is 34.2 Å². The van der Waals surface area contributed by atoms with Crippen LogP contribution in [0.15, 0.2) is 52.4 Å². The van der Waals surface area contributed by atoms with E-state index in [4.69, 9.17) is 21.7 Å². The minimum Gasteiger partial charge on any atom is -0.493 e. The third kappa shape index (κ3) is 4.61. The lowest BCUT2D eigenvalue weighted by Crippen LogP contribution is -2.22. The molecule has 3 rings (SSSR count). The minimum absolute atomic E-state index is 0.0497. The molecule has 1 N–H and O–H groups in total. The molecule has 148 valence electrons. The van der Waals surface area contributed by atoms with Crippen molar-refractivity contribution in [2.75, 3.05) is 7.11 Å². The SMILES string of the molecule is COc1cc(/C=N/n2c(=S)[nH]nc(C)c2=O)ccc1OC(=O)c1ccc(F)cc1. The Balaban J connectivity index is 1.85. The zero-order chi connectivity index (χ0) is 21.0. The molecular formula is C19H15FN4O4S. The number of H-pyrrole nitrogens is 1. The second-order valence-corrected chi connectivity index (χ2v) is 6.17. The van der Waals surface area contributed by atoms with Crippen molar-refractivity contribution in [1.82, 2.24) is 14.9 Å². The minimum atomic E-state index is -0.658. The van der Waals surface area contributed by atoms with Crippen molar-refractivity contribution in [3.63, 3.8) is 0 Å². The van der Waals surface area contributed by atoms with E-state index in [2.05, 4.69) is 15.3 Å². The summed E-state index contributed by atoms with van der Waals surface area (Å²) in [6, 6.07) is 9.69. The summed E-state index contributed by atoms with van der Waals surface area (Å²) in [5, 5.41) is 10.4. The maximum Gasteiger partial charge on any atom is 0.343 e. The Morgan fingerprint density at radius 1 is 1.24 bits per heavy atom. The number of halogens is 1. The van der Waals surface area contributed by atoms with Gasteiger partial charge < -0.3 is 9.47 Å². The number of rotatable bonds is 5. The van der Waals surface area contributed by atoms with Gasteiger partial charge in [0.25, 0.3) is 5.56 Å². The van der Waals surface area contributed by atoms with Crippen LogP contribution >= 0.6 is 12.2 Å². The second kappa shape index (κ2) is 8.57. The fourth-order valence-corrected chi connectivity index (χ4v) is 2.47. The quantitative estimate of drug-likeness (QED) is 0.298. The molecule has 8 nitrogen and oxygen atoms in total. The van der Waals surface area contributed by atoms with Crippen molar-refractivity contribution < 1.29 is 18.7 Å². The molecule has 0 aliphatic rings. The Bertz CT molecular complexity index is 1200. The number of nitrogens with zero attached hydrogens (tertiary/aromatic N) is 3. The number of aromatic nitrogens is 3. The van der Waals surface area contributed by atoms with Crippen LogP contribution < -0.4 is 15.0 Å². The van der Waals surface area contributed by atoms with Gasteiger partial charge in [0, 0.05) is 0 Å². The summed E-state index contributed by atoms with van der Waals surface area (Å²) < 4.78 is 24.6. The maximum atomic E-state index is 13.0. The van der Waals surface area contributed by atoms with E-state index in [1.54, 1.807) is 12.1 Å². The highest BCUT2D eigenvalue weighted by atomic mass is 32.1. The fourth-order valence-electron chi connectivity index (χ4n) is 2.30. The van der Waals surface area contributed by atoms with E-state index >= 15 is 0 Å². The van der Waals surface area contributed by atoms with Crippen molar-refractivity contribution in [3.05, 3.63) is 80.2 Å². The second-order valence-electron chi connectivity index (χ2n) is 5.78. The van der Waals surface area contributed by atoms with Crippen LogP contribution in [0, 0.1) is 17.5 Å². The molecule has 0 amide bonds. The van der Waals surface area contributed by atoms with Gasteiger partial charge >= 0.3 is 5.97 Å². The summed E-state index contributed by atoms with van der Waals surface area (Å²) in [5.74, 6) is -0.665. The van der Waals surface area contributed by atoms with Gasteiger partial charge in [-0.3, -0.25) is 9.89 Å². The standard InChI is InChI=1S/C19H15FN4O4S/c1-11-17(25)24(19(29)23-22-11)21-10-12-3-8-15(16(9-12)27-2)28-18(26)13-4-6-14(20)7-5-13/h3-10H,1-2H3,(H,23,29)/b21-10+. The third-order valence-electron chi connectivity index (χ3n) is 3.81. The number of nitrogens with one attached hydrogen (secondary N) is 1. The van der Waals surface area contributed by atoms with Crippen LogP contribution in [0.3, 0.4) is 0 Å². The Labute approximate surface area is 169 Å². The Hall–Kier alpha value is -3.66. The molecular weight excluding hydrogens is 399 g/mol. The normalized spacial score (nSPS) is 10.9. The van der Waals surface area contributed by atoms with Crippen molar-refractivity contribution in [2.45, 2.75) is 6.92 Å². The van der Waals surface area contributed by atoms with Crippen molar-refractivity contribution in [2.24, 2.45) is 5.10 Å². The van der Waals surface area contributed by atoms with Gasteiger partial charge in [0.05, 0.1) is 18.9 Å². The molecule has 0 fully saturated rings. The number of carbonyl (C=O) groups is 1. The number of methoxy groups -OCH3 is 1. The summed E-state index contributed by atoms with van der Waals surface area (Å²) in [6.07, 6.45) is 1.40. The summed E-state index contributed by atoms with van der Waals surface area (Å²) in [5.41, 5.74) is 0.540. The average molecular weight is 414 g/mol. The van der Waals surface area contributed by atoms with E-state index in [9.17, 15) is 14.0 Å². The Morgan fingerprint density at radius 3 is 2.66 bits per heavy atom. The third-order valence-corrected chi connectivity index (χ3v) is 4.07. The first-order valence-corrected chi connectivity index (χ1v) is 8.68. The zero-order valence-electron chi connectivity index (χ0n) is 15.4. The van der Waals surface area contributed by atoms with Gasteiger partial charge in [-0.2, -0.15) is 14.9 Å². The van der Waals surface area contributed by atoms with E-state index in [1.807, 2.05) is 0 Å². The first-order valence-electron chi connectivity index (χ1n) is 8.27. The van der Waals surface area contributed by atoms with Crippen LogP contribution in [0.25, 0.3) is 0 Å². The lowest BCUT2D eigenvalue weighted by atomic mass is 10.2. The van der Waals surface area contributed by atoms with E-state index < -0.39 is 17.3 Å².